The van der Waals surface area contributed by atoms with Crippen LogP contribution in [0.5, 0.6) is 5.75 Å². The zero-order chi connectivity index (χ0) is 14.5. The molecule has 3 rings (SSSR count). The fraction of sp³-hybridized carbons (Fsp3) is 0.353. The van der Waals surface area contributed by atoms with Crippen LogP contribution in [0.15, 0.2) is 46.8 Å². The first-order chi connectivity index (χ1) is 10.3. The zero-order valence-electron chi connectivity index (χ0n) is 12.0. The number of rotatable bonds is 5. The Hall–Kier alpha value is -1.65. The van der Waals surface area contributed by atoms with Crippen molar-refractivity contribution in [2.45, 2.75) is 18.9 Å². The molecule has 1 aromatic heterocycles. The van der Waals surface area contributed by atoms with E-state index < -0.39 is 0 Å². The highest BCUT2D eigenvalue weighted by atomic mass is 32.1. The molecule has 0 amide bonds. The van der Waals surface area contributed by atoms with Gasteiger partial charge in [0.05, 0.1) is 12.6 Å². The van der Waals surface area contributed by atoms with Gasteiger partial charge in [-0.25, -0.2) is 0 Å². The summed E-state index contributed by atoms with van der Waals surface area (Å²) in [5.41, 5.74) is 0.781. The molecule has 3 nitrogen and oxygen atoms in total. The summed E-state index contributed by atoms with van der Waals surface area (Å²) >= 11 is 1.80. The van der Waals surface area contributed by atoms with E-state index in [0.29, 0.717) is 6.04 Å². The molecule has 21 heavy (non-hydrogen) atoms. The van der Waals surface area contributed by atoms with Crippen molar-refractivity contribution < 1.29 is 5.11 Å². The maximum absolute atomic E-state index is 9.77. The van der Waals surface area contributed by atoms with E-state index >= 15 is 0 Å². The van der Waals surface area contributed by atoms with Gasteiger partial charge in [-0.3, -0.25) is 9.89 Å². The summed E-state index contributed by atoms with van der Waals surface area (Å²) < 4.78 is 0. The monoisotopic (exact) mass is 300 g/mol. The van der Waals surface area contributed by atoms with E-state index in [0.717, 1.165) is 25.2 Å². The third kappa shape index (κ3) is 3.52. The lowest BCUT2D eigenvalue weighted by atomic mass is 10.2. The molecule has 0 aliphatic carbocycles. The van der Waals surface area contributed by atoms with Crippen LogP contribution in [-0.4, -0.2) is 35.9 Å². The summed E-state index contributed by atoms with van der Waals surface area (Å²) in [5, 5.41) is 11.9. The number of aliphatic imine (C=N–C) groups is 1. The molecule has 1 aliphatic rings. The van der Waals surface area contributed by atoms with E-state index in [1.807, 2.05) is 18.2 Å². The van der Waals surface area contributed by atoms with Gasteiger partial charge in [0.15, 0.2) is 0 Å². The molecule has 1 N–H and O–H groups in total. The van der Waals surface area contributed by atoms with Gasteiger partial charge in [0, 0.05) is 16.7 Å². The predicted molar refractivity (Wildman–Crippen MR) is 88.4 cm³/mol. The Kier molecular flexibility index (Phi) is 4.68. The maximum Gasteiger partial charge on any atom is 0.124 e. The molecular weight excluding hydrogens is 280 g/mol. The first-order valence-corrected chi connectivity index (χ1v) is 8.28. The standard InChI is InChI=1S/C17H20N2OS/c20-16-7-2-1-6-14(16)12-18-13-15(17-8-5-11-21-17)19-9-3-4-10-19/h1-2,5-8,11-12,15,20H,3-4,9-10,13H2/t15-/m1/s1. The van der Waals surface area contributed by atoms with Gasteiger partial charge in [-0.1, -0.05) is 18.2 Å². The number of hydrogen-bond donors (Lipinski definition) is 1. The van der Waals surface area contributed by atoms with Gasteiger partial charge in [-0.05, 0) is 49.5 Å². The maximum atomic E-state index is 9.77. The molecule has 2 aromatic rings. The highest BCUT2D eigenvalue weighted by molar-refractivity contribution is 7.10. The average molecular weight is 300 g/mol. The molecule has 110 valence electrons. The van der Waals surface area contributed by atoms with Crippen molar-refractivity contribution in [1.29, 1.82) is 0 Å². The third-order valence-corrected chi connectivity index (χ3v) is 4.87. The van der Waals surface area contributed by atoms with Crippen LogP contribution < -0.4 is 0 Å². The SMILES string of the molecule is Oc1ccccc1C=NC[C@H](c1cccs1)N1CCCC1. The second-order valence-electron chi connectivity index (χ2n) is 5.33. The van der Waals surface area contributed by atoms with Crippen LogP contribution >= 0.6 is 11.3 Å². The largest absolute Gasteiger partial charge is 0.507 e. The normalized spacial score (nSPS) is 17.5. The Labute approximate surface area is 129 Å². The number of phenols is 1. The van der Waals surface area contributed by atoms with Crippen LogP contribution in [0.1, 0.15) is 29.3 Å². The van der Waals surface area contributed by atoms with Crippen molar-refractivity contribution in [3.8, 4) is 5.75 Å². The highest BCUT2D eigenvalue weighted by Gasteiger charge is 2.23. The molecule has 1 aromatic carbocycles. The molecule has 0 saturated carbocycles. The van der Waals surface area contributed by atoms with Crippen LogP contribution in [0, 0.1) is 0 Å². The minimum atomic E-state index is 0.287. The number of phenolic OH excluding ortho intramolecular Hbond substituents is 1. The summed E-state index contributed by atoms with van der Waals surface area (Å²) in [4.78, 5) is 8.49. The summed E-state index contributed by atoms with van der Waals surface area (Å²) in [7, 11) is 0. The third-order valence-electron chi connectivity index (χ3n) is 3.90. The van der Waals surface area contributed by atoms with Crippen LogP contribution in [0.4, 0.5) is 0 Å². The molecule has 1 saturated heterocycles. The van der Waals surface area contributed by atoms with E-state index in [4.69, 9.17) is 0 Å². The van der Waals surface area contributed by atoms with Crippen molar-refractivity contribution >= 4 is 17.6 Å². The van der Waals surface area contributed by atoms with Gasteiger partial charge >= 0.3 is 0 Å². The molecule has 0 unspecified atom stereocenters. The molecule has 1 atom stereocenters. The van der Waals surface area contributed by atoms with Crippen molar-refractivity contribution in [3.63, 3.8) is 0 Å². The summed E-state index contributed by atoms with van der Waals surface area (Å²) in [6.07, 6.45) is 4.35. The molecule has 0 radical (unpaired) electrons. The number of thiophene rings is 1. The van der Waals surface area contributed by atoms with Crippen molar-refractivity contribution in [1.82, 2.24) is 4.90 Å². The van der Waals surface area contributed by atoms with Gasteiger partial charge < -0.3 is 5.11 Å². The summed E-state index contributed by atoms with van der Waals surface area (Å²) in [6.45, 7) is 3.07. The van der Waals surface area contributed by atoms with E-state index in [1.165, 1.54) is 17.7 Å². The van der Waals surface area contributed by atoms with Crippen LogP contribution in [0.2, 0.25) is 0 Å². The molecule has 0 bridgehead atoms. The zero-order valence-corrected chi connectivity index (χ0v) is 12.8. The van der Waals surface area contributed by atoms with Gasteiger partial charge in [0.2, 0.25) is 0 Å². The second-order valence-corrected chi connectivity index (χ2v) is 6.31. The Morgan fingerprint density at radius 3 is 2.71 bits per heavy atom. The van der Waals surface area contributed by atoms with E-state index in [-0.39, 0.29) is 5.75 Å². The predicted octanol–water partition coefficient (Wildman–Crippen LogP) is 3.71. The summed E-state index contributed by atoms with van der Waals surface area (Å²) in [6, 6.07) is 12.0. The number of para-hydroxylation sites is 1. The first kappa shape index (κ1) is 14.3. The fourth-order valence-electron chi connectivity index (χ4n) is 2.77. The van der Waals surface area contributed by atoms with Gasteiger partial charge in [0.25, 0.3) is 0 Å². The number of nitrogens with zero attached hydrogens (tertiary/aromatic N) is 2. The van der Waals surface area contributed by atoms with Crippen molar-refractivity contribution in [2.75, 3.05) is 19.6 Å². The Balaban J connectivity index is 1.71. The molecule has 4 heteroatoms. The molecular formula is C17H20N2OS. The summed E-state index contributed by atoms with van der Waals surface area (Å²) in [5.74, 6) is 0.287. The van der Waals surface area contributed by atoms with Gasteiger partial charge in [-0.15, -0.1) is 11.3 Å². The number of benzene rings is 1. The minimum Gasteiger partial charge on any atom is -0.507 e. The van der Waals surface area contributed by atoms with E-state index in [2.05, 4.69) is 27.4 Å². The van der Waals surface area contributed by atoms with E-state index in [1.54, 1.807) is 23.6 Å². The van der Waals surface area contributed by atoms with Crippen LogP contribution in [0.25, 0.3) is 0 Å². The molecule has 0 spiro atoms. The lowest BCUT2D eigenvalue weighted by molar-refractivity contribution is 0.255. The Morgan fingerprint density at radius 2 is 2.00 bits per heavy atom. The Morgan fingerprint density at radius 1 is 1.19 bits per heavy atom. The first-order valence-electron chi connectivity index (χ1n) is 7.40. The number of hydrogen-bond acceptors (Lipinski definition) is 4. The number of likely N-dealkylation sites (tertiary alicyclic amines) is 1. The Bertz CT molecular complexity index is 589. The quantitative estimate of drug-likeness (QED) is 0.854. The molecule has 1 aliphatic heterocycles. The lowest BCUT2D eigenvalue weighted by Crippen LogP contribution is -2.27. The fourth-order valence-corrected chi connectivity index (χ4v) is 3.62. The highest BCUT2D eigenvalue weighted by Crippen LogP contribution is 2.28. The minimum absolute atomic E-state index is 0.287. The van der Waals surface area contributed by atoms with Crippen molar-refractivity contribution in [2.24, 2.45) is 4.99 Å². The molecule has 1 fully saturated rings. The van der Waals surface area contributed by atoms with Gasteiger partial charge in [-0.2, -0.15) is 0 Å². The molecule has 2 heterocycles. The average Bonchev–Trinajstić information content (AvgIpc) is 3.19. The van der Waals surface area contributed by atoms with Gasteiger partial charge in [0.1, 0.15) is 5.75 Å². The lowest BCUT2D eigenvalue weighted by Gasteiger charge is -2.25. The topological polar surface area (TPSA) is 35.8 Å². The van der Waals surface area contributed by atoms with Crippen LogP contribution in [-0.2, 0) is 0 Å². The van der Waals surface area contributed by atoms with E-state index in [9.17, 15) is 5.11 Å². The smallest absolute Gasteiger partial charge is 0.124 e. The van der Waals surface area contributed by atoms with Crippen molar-refractivity contribution in [3.05, 3.63) is 52.2 Å². The number of aromatic hydroxyl groups is 1. The van der Waals surface area contributed by atoms with Crippen LogP contribution in [0.3, 0.4) is 0 Å². The second kappa shape index (κ2) is 6.87.